The Morgan fingerprint density at radius 2 is 2.15 bits per heavy atom. The molecule has 1 heterocycles. The number of aromatic nitrogens is 1. The van der Waals surface area contributed by atoms with E-state index in [4.69, 9.17) is 5.26 Å². The highest BCUT2D eigenvalue weighted by molar-refractivity contribution is 9.18. The van der Waals surface area contributed by atoms with Crippen molar-refractivity contribution in [3.63, 3.8) is 0 Å². The molecular formula is C12H9BrF3N3O. The lowest BCUT2D eigenvalue weighted by Gasteiger charge is -2.36. The molecule has 1 saturated carbocycles. The second-order valence-corrected chi connectivity index (χ2v) is 5.09. The van der Waals surface area contributed by atoms with Crippen molar-refractivity contribution in [3.05, 3.63) is 23.5 Å². The molecule has 0 aliphatic heterocycles. The Morgan fingerprint density at radius 1 is 1.50 bits per heavy atom. The summed E-state index contributed by atoms with van der Waals surface area (Å²) in [6.45, 7) is 0. The molecule has 4 nitrogen and oxygen atoms in total. The van der Waals surface area contributed by atoms with Crippen LogP contribution in [0.5, 0.6) is 0 Å². The van der Waals surface area contributed by atoms with Gasteiger partial charge in [0.15, 0.2) is 5.69 Å². The summed E-state index contributed by atoms with van der Waals surface area (Å²) in [5.41, 5.74) is -1.78. The fourth-order valence-corrected chi connectivity index (χ4v) is 2.49. The van der Waals surface area contributed by atoms with Gasteiger partial charge in [0.2, 0.25) is 0 Å². The molecule has 1 fully saturated rings. The van der Waals surface area contributed by atoms with E-state index < -0.39 is 22.3 Å². The van der Waals surface area contributed by atoms with Crippen LogP contribution in [-0.4, -0.2) is 15.8 Å². The second kappa shape index (κ2) is 5.40. The third kappa shape index (κ3) is 2.77. The normalized spacial score (nSPS) is 15.3. The van der Waals surface area contributed by atoms with E-state index >= 15 is 0 Å². The summed E-state index contributed by atoms with van der Waals surface area (Å²) in [5.74, 6) is 0. The summed E-state index contributed by atoms with van der Waals surface area (Å²) in [4.78, 5) is 15.8. The van der Waals surface area contributed by atoms with E-state index in [1.807, 2.05) is 0 Å². The van der Waals surface area contributed by atoms with Crippen LogP contribution < -0.4 is 4.90 Å². The number of pyridine rings is 1. The van der Waals surface area contributed by atoms with Crippen LogP contribution in [0.15, 0.2) is 12.3 Å². The molecule has 20 heavy (non-hydrogen) atoms. The highest BCUT2D eigenvalue weighted by atomic mass is 79.9. The van der Waals surface area contributed by atoms with Crippen LogP contribution in [0.3, 0.4) is 0 Å². The van der Waals surface area contributed by atoms with Crippen LogP contribution in [-0.2, 0) is 6.18 Å². The van der Waals surface area contributed by atoms with Crippen molar-refractivity contribution in [1.82, 2.24) is 4.98 Å². The number of carbonyl (C=O) groups is 1. The monoisotopic (exact) mass is 347 g/mol. The number of nitrogens with zero attached hydrogens (tertiary/aromatic N) is 3. The second-order valence-electron chi connectivity index (χ2n) is 4.41. The maximum atomic E-state index is 12.9. The van der Waals surface area contributed by atoms with Crippen LogP contribution in [0.4, 0.5) is 23.7 Å². The molecule has 0 atom stereocenters. The van der Waals surface area contributed by atoms with Crippen LogP contribution in [0.1, 0.15) is 30.5 Å². The summed E-state index contributed by atoms with van der Waals surface area (Å²) in [6.07, 6.45) is -1.17. The molecule has 0 radical (unpaired) electrons. The molecule has 0 N–H and O–H groups in total. The van der Waals surface area contributed by atoms with E-state index in [-0.39, 0.29) is 11.7 Å². The maximum absolute atomic E-state index is 12.9. The van der Waals surface area contributed by atoms with Gasteiger partial charge in [-0.2, -0.15) is 18.4 Å². The van der Waals surface area contributed by atoms with Gasteiger partial charge >= 0.3 is 6.18 Å². The molecule has 0 saturated heterocycles. The van der Waals surface area contributed by atoms with Gasteiger partial charge in [0.05, 0.1) is 17.4 Å². The Labute approximate surface area is 121 Å². The minimum Gasteiger partial charge on any atom is -0.298 e. The summed E-state index contributed by atoms with van der Waals surface area (Å²) >= 11 is 2.78. The number of rotatable bonds is 2. The summed E-state index contributed by atoms with van der Waals surface area (Å²) in [6, 6.07) is 2.08. The maximum Gasteiger partial charge on any atom is 0.419 e. The van der Waals surface area contributed by atoms with Gasteiger partial charge in [-0.15, -0.1) is 0 Å². The summed E-state index contributed by atoms with van der Waals surface area (Å²) in [5, 5.41) is 8.68. The number of hydrogen-bond acceptors (Lipinski definition) is 3. The molecule has 1 amide bonds. The first-order valence-electron chi connectivity index (χ1n) is 5.80. The third-order valence-electron chi connectivity index (χ3n) is 3.19. The van der Waals surface area contributed by atoms with Crippen molar-refractivity contribution in [2.45, 2.75) is 31.5 Å². The van der Waals surface area contributed by atoms with Gasteiger partial charge in [0, 0.05) is 22.0 Å². The lowest BCUT2D eigenvalue weighted by molar-refractivity contribution is -0.138. The van der Waals surface area contributed by atoms with E-state index in [2.05, 4.69) is 20.9 Å². The van der Waals surface area contributed by atoms with Crippen molar-refractivity contribution < 1.29 is 18.0 Å². The number of nitriles is 1. The number of halogens is 4. The van der Waals surface area contributed by atoms with Crippen molar-refractivity contribution >= 4 is 26.4 Å². The average molecular weight is 348 g/mol. The molecule has 1 aliphatic carbocycles. The number of carbonyl (C=O) groups excluding carboxylic acids is 1. The lowest BCUT2D eigenvalue weighted by atomic mass is 9.91. The zero-order valence-electron chi connectivity index (χ0n) is 10.1. The van der Waals surface area contributed by atoms with Gasteiger partial charge in [0.25, 0.3) is 4.82 Å². The van der Waals surface area contributed by atoms with E-state index in [1.165, 1.54) is 11.0 Å². The Bertz CT molecular complexity index is 578. The average Bonchev–Trinajstić information content (AvgIpc) is 2.31. The van der Waals surface area contributed by atoms with Crippen molar-refractivity contribution in [2.24, 2.45) is 0 Å². The van der Waals surface area contributed by atoms with Crippen LogP contribution >= 0.6 is 15.9 Å². The first-order chi connectivity index (χ1) is 9.34. The number of amides is 1. The standard InChI is InChI=1S/C12H9BrF3N3O/c13-11(20)19(7-2-1-3-7)8-4-9(12(14,15)16)10(5-17)18-6-8/h4,6-7H,1-3H2. The van der Waals surface area contributed by atoms with Crippen molar-refractivity contribution in [1.29, 1.82) is 5.26 Å². The molecule has 106 valence electrons. The Morgan fingerprint density at radius 3 is 2.55 bits per heavy atom. The fraction of sp³-hybridized carbons (Fsp3) is 0.417. The van der Waals surface area contributed by atoms with Gasteiger partial charge in [-0.1, -0.05) is 0 Å². The van der Waals surface area contributed by atoms with Crippen molar-refractivity contribution in [2.75, 3.05) is 4.90 Å². The lowest BCUT2D eigenvalue weighted by Crippen LogP contribution is -2.42. The third-order valence-corrected chi connectivity index (χ3v) is 3.57. The predicted molar refractivity (Wildman–Crippen MR) is 68.4 cm³/mol. The molecule has 1 aliphatic rings. The number of hydrogen-bond donors (Lipinski definition) is 0. The number of anilines is 1. The minimum absolute atomic E-state index is 0.0444. The van der Waals surface area contributed by atoms with Gasteiger partial charge < -0.3 is 0 Å². The van der Waals surface area contributed by atoms with E-state index in [0.29, 0.717) is 0 Å². The summed E-state index contributed by atoms with van der Waals surface area (Å²) in [7, 11) is 0. The van der Waals surface area contributed by atoms with Gasteiger partial charge in [-0.3, -0.25) is 9.69 Å². The molecule has 0 spiro atoms. The first kappa shape index (κ1) is 14.8. The molecule has 0 aromatic carbocycles. The predicted octanol–water partition coefficient (Wildman–Crippen LogP) is 3.85. The van der Waals surface area contributed by atoms with E-state index in [0.717, 1.165) is 31.5 Å². The van der Waals surface area contributed by atoms with Gasteiger partial charge in [0.1, 0.15) is 6.07 Å². The number of alkyl halides is 3. The summed E-state index contributed by atoms with van der Waals surface area (Å²) < 4.78 is 38.6. The van der Waals surface area contributed by atoms with Crippen LogP contribution in [0.25, 0.3) is 0 Å². The van der Waals surface area contributed by atoms with Gasteiger partial charge in [-0.25, -0.2) is 4.98 Å². The molecule has 1 aromatic rings. The Kier molecular flexibility index (Phi) is 3.99. The highest BCUT2D eigenvalue weighted by Crippen LogP contribution is 2.36. The molecule has 0 bridgehead atoms. The van der Waals surface area contributed by atoms with Crippen LogP contribution in [0.2, 0.25) is 0 Å². The first-order valence-corrected chi connectivity index (χ1v) is 6.60. The molecule has 8 heteroatoms. The zero-order valence-corrected chi connectivity index (χ0v) is 11.7. The molecule has 0 unspecified atom stereocenters. The SMILES string of the molecule is N#Cc1ncc(N(C(=O)Br)C2CCC2)cc1C(F)(F)F. The van der Waals surface area contributed by atoms with Crippen LogP contribution in [0, 0.1) is 11.3 Å². The zero-order chi connectivity index (χ0) is 14.9. The Hall–Kier alpha value is -1.62. The largest absolute Gasteiger partial charge is 0.419 e. The van der Waals surface area contributed by atoms with Crippen molar-refractivity contribution in [3.8, 4) is 6.07 Å². The highest BCUT2D eigenvalue weighted by Gasteiger charge is 2.37. The van der Waals surface area contributed by atoms with E-state index in [9.17, 15) is 18.0 Å². The van der Waals surface area contributed by atoms with E-state index in [1.54, 1.807) is 0 Å². The smallest absolute Gasteiger partial charge is 0.298 e. The quantitative estimate of drug-likeness (QED) is 0.603. The topological polar surface area (TPSA) is 57.0 Å². The van der Waals surface area contributed by atoms with Gasteiger partial charge in [-0.05, 0) is 25.3 Å². The fourth-order valence-electron chi connectivity index (χ4n) is 1.99. The molecular weight excluding hydrogens is 339 g/mol. The molecule has 1 aromatic heterocycles. The molecule has 2 rings (SSSR count). The minimum atomic E-state index is -4.69. The Balaban J connectivity index is 2.47.